The van der Waals surface area contributed by atoms with Gasteiger partial charge < -0.3 is 5.11 Å². The molecule has 3 nitrogen and oxygen atoms in total. The van der Waals surface area contributed by atoms with Gasteiger partial charge in [0.15, 0.2) is 9.84 Å². The fourth-order valence-electron chi connectivity index (χ4n) is 1.37. The molecule has 90 valence electrons. The van der Waals surface area contributed by atoms with Gasteiger partial charge in [0.25, 0.3) is 0 Å². The molecule has 1 aromatic carbocycles. The zero-order chi connectivity index (χ0) is 12.3. The molecule has 6 heteroatoms. The molecule has 1 rings (SSSR count). The first-order chi connectivity index (χ1) is 7.40. The van der Waals surface area contributed by atoms with E-state index in [0.717, 1.165) is 18.0 Å². The summed E-state index contributed by atoms with van der Waals surface area (Å²) in [5.41, 5.74) is 0.484. The van der Waals surface area contributed by atoms with Crippen molar-refractivity contribution < 1.29 is 17.9 Å². The van der Waals surface area contributed by atoms with Crippen LogP contribution < -0.4 is 0 Å². The fraction of sp³-hybridized carbons (Fsp3) is 0.400. The lowest BCUT2D eigenvalue weighted by Gasteiger charge is -2.09. The standard InChI is InChI=1S/C10H13FO3S2/c1-15-10-8(11)5-7(3-4-12)6-9(10)16(2,13)14/h5-6,12H,3-4H2,1-2H3. The lowest BCUT2D eigenvalue weighted by molar-refractivity contribution is 0.299. The number of aliphatic hydroxyl groups excluding tert-OH is 1. The predicted octanol–water partition coefficient (Wildman–Crippen LogP) is 1.49. The van der Waals surface area contributed by atoms with Crippen LogP contribution in [0.1, 0.15) is 5.56 Å². The van der Waals surface area contributed by atoms with Gasteiger partial charge in [-0.25, -0.2) is 12.8 Å². The Morgan fingerprint density at radius 1 is 1.44 bits per heavy atom. The van der Waals surface area contributed by atoms with Gasteiger partial charge in [0.2, 0.25) is 0 Å². The van der Waals surface area contributed by atoms with Gasteiger partial charge in [0.1, 0.15) is 5.82 Å². The van der Waals surface area contributed by atoms with Gasteiger partial charge in [-0.2, -0.15) is 0 Å². The van der Waals surface area contributed by atoms with Crippen LogP contribution in [0.15, 0.2) is 21.9 Å². The second-order valence-electron chi connectivity index (χ2n) is 3.35. The maximum atomic E-state index is 13.6. The molecule has 0 saturated carbocycles. The molecule has 0 heterocycles. The van der Waals surface area contributed by atoms with Gasteiger partial charge in [-0.1, -0.05) is 0 Å². The Hall–Kier alpha value is -0.590. The van der Waals surface area contributed by atoms with Crippen LogP contribution in [0.4, 0.5) is 4.39 Å². The monoisotopic (exact) mass is 264 g/mol. The second kappa shape index (κ2) is 5.16. The molecule has 0 bridgehead atoms. The molecule has 0 fully saturated rings. The molecule has 0 atom stereocenters. The van der Waals surface area contributed by atoms with Crippen LogP contribution in [0.25, 0.3) is 0 Å². The summed E-state index contributed by atoms with van der Waals surface area (Å²) in [7, 11) is -3.45. The Morgan fingerprint density at radius 2 is 2.06 bits per heavy atom. The lowest BCUT2D eigenvalue weighted by Crippen LogP contribution is -2.04. The molecule has 1 aromatic rings. The molecule has 0 aliphatic rings. The molecular formula is C10H13FO3S2. The number of sulfone groups is 1. The molecule has 0 aromatic heterocycles. The summed E-state index contributed by atoms with van der Waals surface area (Å²) >= 11 is 1.06. The normalized spacial score (nSPS) is 11.8. The first kappa shape index (κ1) is 13.5. The van der Waals surface area contributed by atoms with Crippen LogP contribution in [0, 0.1) is 5.82 Å². The largest absolute Gasteiger partial charge is 0.396 e. The van der Waals surface area contributed by atoms with Gasteiger partial charge in [0.05, 0.1) is 9.79 Å². The lowest BCUT2D eigenvalue weighted by atomic mass is 10.1. The molecule has 0 amide bonds. The Bertz CT molecular complexity index is 483. The van der Waals surface area contributed by atoms with Crippen molar-refractivity contribution in [1.82, 2.24) is 0 Å². The third-order valence-corrected chi connectivity index (χ3v) is 4.15. The van der Waals surface area contributed by atoms with E-state index in [1.807, 2.05) is 0 Å². The Labute approximate surface area is 98.6 Å². The van der Waals surface area contributed by atoms with E-state index in [1.165, 1.54) is 12.1 Å². The number of benzene rings is 1. The highest BCUT2D eigenvalue weighted by Gasteiger charge is 2.17. The van der Waals surface area contributed by atoms with Gasteiger partial charge in [-0.15, -0.1) is 11.8 Å². The number of hydrogen-bond acceptors (Lipinski definition) is 4. The Morgan fingerprint density at radius 3 is 2.50 bits per heavy atom. The highest BCUT2D eigenvalue weighted by atomic mass is 32.2. The van der Waals surface area contributed by atoms with Gasteiger partial charge in [0, 0.05) is 12.9 Å². The van der Waals surface area contributed by atoms with Crippen molar-refractivity contribution in [3.63, 3.8) is 0 Å². The van der Waals surface area contributed by atoms with Crippen molar-refractivity contribution in [2.24, 2.45) is 0 Å². The smallest absolute Gasteiger partial charge is 0.176 e. The van der Waals surface area contributed by atoms with E-state index in [9.17, 15) is 12.8 Å². The molecular weight excluding hydrogens is 251 g/mol. The molecule has 0 aliphatic heterocycles. The van der Waals surface area contributed by atoms with Crippen molar-refractivity contribution in [3.8, 4) is 0 Å². The number of thioether (sulfide) groups is 1. The van der Waals surface area contributed by atoms with E-state index < -0.39 is 15.7 Å². The van der Waals surface area contributed by atoms with Crippen molar-refractivity contribution in [2.75, 3.05) is 19.1 Å². The summed E-state index contributed by atoms with van der Waals surface area (Å²) < 4.78 is 36.6. The van der Waals surface area contributed by atoms with Crippen LogP contribution in [-0.2, 0) is 16.3 Å². The summed E-state index contributed by atoms with van der Waals surface area (Å²) in [4.78, 5) is 0.118. The molecule has 1 N–H and O–H groups in total. The second-order valence-corrected chi connectivity index (χ2v) is 6.16. The first-order valence-electron chi connectivity index (χ1n) is 4.57. The average Bonchev–Trinajstić information content (AvgIpc) is 2.16. The van der Waals surface area contributed by atoms with E-state index in [0.29, 0.717) is 5.56 Å². The number of rotatable bonds is 4. The minimum atomic E-state index is -3.45. The number of aliphatic hydroxyl groups is 1. The van der Waals surface area contributed by atoms with Crippen LogP contribution in [0.2, 0.25) is 0 Å². The quantitative estimate of drug-likeness (QED) is 0.837. The maximum Gasteiger partial charge on any atom is 0.176 e. The van der Waals surface area contributed by atoms with E-state index in [1.54, 1.807) is 6.26 Å². The summed E-state index contributed by atoms with van der Waals surface area (Å²) in [6.45, 7) is -0.138. The average molecular weight is 264 g/mol. The van der Waals surface area contributed by atoms with Crippen LogP contribution in [-0.4, -0.2) is 32.6 Å². The van der Waals surface area contributed by atoms with Gasteiger partial charge in [-0.05, 0) is 30.4 Å². The SMILES string of the molecule is CSc1c(F)cc(CCO)cc1S(C)(=O)=O. The highest BCUT2D eigenvalue weighted by Crippen LogP contribution is 2.29. The summed E-state index contributed by atoms with van der Waals surface area (Å²) in [6, 6.07) is 2.68. The summed E-state index contributed by atoms with van der Waals surface area (Å²) in [5, 5.41) is 8.75. The summed E-state index contributed by atoms with van der Waals surface area (Å²) in [6.07, 6.45) is 2.91. The van der Waals surface area contributed by atoms with E-state index >= 15 is 0 Å². The molecule has 0 aliphatic carbocycles. The first-order valence-corrected chi connectivity index (χ1v) is 7.69. The Kier molecular flexibility index (Phi) is 4.35. The van der Waals surface area contributed by atoms with Crippen LogP contribution >= 0.6 is 11.8 Å². The predicted molar refractivity (Wildman–Crippen MR) is 62.1 cm³/mol. The third-order valence-electron chi connectivity index (χ3n) is 2.07. The van der Waals surface area contributed by atoms with Gasteiger partial charge >= 0.3 is 0 Å². The van der Waals surface area contributed by atoms with Crippen molar-refractivity contribution in [3.05, 3.63) is 23.5 Å². The topological polar surface area (TPSA) is 54.4 Å². The third kappa shape index (κ3) is 2.96. The molecule has 0 radical (unpaired) electrons. The highest BCUT2D eigenvalue weighted by molar-refractivity contribution is 7.99. The van der Waals surface area contributed by atoms with Crippen molar-refractivity contribution in [2.45, 2.75) is 16.2 Å². The fourth-order valence-corrected chi connectivity index (χ4v) is 3.39. The van der Waals surface area contributed by atoms with Crippen LogP contribution in [0.5, 0.6) is 0 Å². The summed E-state index contributed by atoms with van der Waals surface area (Å²) in [5.74, 6) is -0.557. The van der Waals surface area contributed by atoms with Crippen molar-refractivity contribution >= 4 is 21.6 Å². The molecule has 0 spiro atoms. The minimum Gasteiger partial charge on any atom is -0.396 e. The maximum absolute atomic E-state index is 13.6. The van der Waals surface area contributed by atoms with E-state index in [4.69, 9.17) is 5.11 Å². The molecule has 16 heavy (non-hydrogen) atoms. The number of hydrogen-bond donors (Lipinski definition) is 1. The molecule has 0 saturated heterocycles. The van der Waals surface area contributed by atoms with Crippen molar-refractivity contribution in [1.29, 1.82) is 0 Å². The molecule has 0 unspecified atom stereocenters. The van der Waals surface area contributed by atoms with Crippen LogP contribution in [0.3, 0.4) is 0 Å². The Balaban J connectivity index is 3.43. The minimum absolute atomic E-state index is 0.0107. The zero-order valence-electron chi connectivity index (χ0n) is 9.03. The zero-order valence-corrected chi connectivity index (χ0v) is 10.7. The van der Waals surface area contributed by atoms with E-state index in [2.05, 4.69) is 0 Å². The van der Waals surface area contributed by atoms with Gasteiger partial charge in [-0.3, -0.25) is 0 Å². The number of halogens is 1. The van der Waals surface area contributed by atoms with E-state index in [-0.39, 0.29) is 22.8 Å².